The highest BCUT2D eigenvalue weighted by Gasteiger charge is 2.38. The van der Waals surface area contributed by atoms with Crippen molar-refractivity contribution in [2.24, 2.45) is 0 Å². The number of hydrogen-bond donors (Lipinski definition) is 0. The molecule has 1 fully saturated rings. The molecule has 0 aliphatic carbocycles. The topological polar surface area (TPSA) is 58.4 Å². The number of carbonyl (C=O) groups is 2. The summed E-state index contributed by atoms with van der Waals surface area (Å²) in [7, 11) is 0. The minimum atomic E-state index is -0.381. The van der Waals surface area contributed by atoms with Crippen LogP contribution in [0.5, 0.6) is 0 Å². The number of para-hydroxylation sites is 1. The minimum absolute atomic E-state index is 0.0853. The first-order valence-corrected chi connectivity index (χ1v) is 10.6. The highest BCUT2D eigenvalue weighted by Crippen LogP contribution is 2.28. The second-order valence-electron chi connectivity index (χ2n) is 7.02. The van der Waals surface area contributed by atoms with Crippen molar-refractivity contribution in [2.45, 2.75) is 13.8 Å². The van der Waals surface area contributed by atoms with Gasteiger partial charge in [0.25, 0.3) is 11.8 Å². The molecule has 1 aliphatic heterocycles. The van der Waals surface area contributed by atoms with E-state index in [1.54, 1.807) is 10.8 Å². The summed E-state index contributed by atoms with van der Waals surface area (Å²) in [6, 6.07) is 19.4. The quantitative estimate of drug-likeness (QED) is 0.350. The monoisotopic (exact) mass is 430 g/mol. The van der Waals surface area contributed by atoms with Crippen molar-refractivity contribution in [1.82, 2.24) is 19.6 Å². The lowest BCUT2D eigenvalue weighted by Crippen LogP contribution is -2.55. The largest absolute Gasteiger partial charge is 0.285 e. The van der Waals surface area contributed by atoms with Gasteiger partial charge in [-0.25, -0.2) is 4.68 Å². The van der Waals surface area contributed by atoms with Crippen molar-refractivity contribution in [3.63, 3.8) is 0 Å². The first-order valence-electron chi connectivity index (χ1n) is 10.1. The van der Waals surface area contributed by atoms with Gasteiger partial charge in [-0.15, -0.1) is 0 Å². The van der Waals surface area contributed by atoms with Crippen molar-refractivity contribution in [3.05, 3.63) is 78.0 Å². The summed E-state index contributed by atoms with van der Waals surface area (Å²) in [4.78, 5) is 29.0. The molecule has 1 aliphatic rings. The molecule has 3 aromatic rings. The van der Waals surface area contributed by atoms with Crippen LogP contribution in [0.25, 0.3) is 23.0 Å². The molecule has 2 amide bonds. The fourth-order valence-corrected chi connectivity index (χ4v) is 3.99. The van der Waals surface area contributed by atoms with Gasteiger partial charge in [-0.2, -0.15) is 5.10 Å². The summed E-state index contributed by atoms with van der Waals surface area (Å²) >= 11 is 5.36. The Bertz CT molecular complexity index is 1140. The molecule has 156 valence electrons. The molecule has 2 aromatic carbocycles. The van der Waals surface area contributed by atoms with E-state index in [1.807, 2.05) is 80.7 Å². The minimum Gasteiger partial charge on any atom is -0.285 e. The Morgan fingerprint density at radius 1 is 0.871 bits per heavy atom. The Balaban J connectivity index is 1.87. The average molecular weight is 431 g/mol. The predicted octanol–water partition coefficient (Wildman–Crippen LogP) is 3.92. The third kappa shape index (κ3) is 3.80. The van der Waals surface area contributed by atoms with E-state index >= 15 is 0 Å². The maximum Gasteiger partial charge on any atom is 0.265 e. The molecular weight excluding hydrogens is 408 g/mol. The molecule has 0 bridgehead atoms. The molecule has 0 N–H and O–H groups in total. The van der Waals surface area contributed by atoms with Gasteiger partial charge in [0, 0.05) is 30.4 Å². The summed E-state index contributed by atoms with van der Waals surface area (Å²) in [5.41, 5.74) is 3.25. The van der Waals surface area contributed by atoms with Gasteiger partial charge in [0.15, 0.2) is 5.11 Å². The van der Waals surface area contributed by atoms with Gasteiger partial charge in [-0.3, -0.25) is 19.4 Å². The van der Waals surface area contributed by atoms with E-state index in [4.69, 9.17) is 17.3 Å². The zero-order valence-electron chi connectivity index (χ0n) is 17.4. The third-order valence-corrected chi connectivity index (χ3v) is 5.60. The number of likely N-dealkylation sites (N-methyl/N-ethyl adjacent to an activating group) is 2. The van der Waals surface area contributed by atoms with Crippen LogP contribution in [-0.4, -0.2) is 49.6 Å². The van der Waals surface area contributed by atoms with E-state index in [9.17, 15) is 9.59 Å². The standard InChI is InChI=1S/C24H22N4O2S/c1-3-26-22(29)20(23(30)27(4-2)24(26)31)15-18-16-28(19-13-9-6-10-14-19)25-21(18)17-11-7-5-8-12-17/h5-16H,3-4H2,1-2H3. The summed E-state index contributed by atoms with van der Waals surface area (Å²) in [5.74, 6) is -0.762. The molecule has 2 heterocycles. The fourth-order valence-electron chi connectivity index (χ4n) is 3.56. The lowest BCUT2D eigenvalue weighted by molar-refractivity contribution is -0.133. The molecule has 4 rings (SSSR count). The van der Waals surface area contributed by atoms with Crippen molar-refractivity contribution < 1.29 is 9.59 Å². The van der Waals surface area contributed by atoms with Crippen molar-refractivity contribution in [1.29, 1.82) is 0 Å². The Morgan fingerprint density at radius 2 is 1.42 bits per heavy atom. The molecular formula is C24H22N4O2S. The van der Waals surface area contributed by atoms with Gasteiger partial charge in [-0.05, 0) is 44.3 Å². The van der Waals surface area contributed by atoms with Crippen LogP contribution in [0.2, 0.25) is 0 Å². The molecule has 0 atom stereocenters. The Hall–Kier alpha value is -3.58. The van der Waals surface area contributed by atoms with E-state index in [2.05, 4.69) is 0 Å². The van der Waals surface area contributed by atoms with Gasteiger partial charge in [0.2, 0.25) is 0 Å². The van der Waals surface area contributed by atoms with Crippen LogP contribution in [0.4, 0.5) is 0 Å². The first-order chi connectivity index (χ1) is 15.0. The summed E-state index contributed by atoms with van der Waals surface area (Å²) < 4.78 is 1.76. The van der Waals surface area contributed by atoms with Gasteiger partial charge < -0.3 is 0 Å². The highest BCUT2D eigenvalue weighted by atomic mass is 32.1. The smallest absolute Gasteiger partial charge is 0.265 e. The number of hydrogen-bond acceptors (Lipinski definition) is 4. The van der Waals surface area contributed by atoms with Crippen LogP contribution in [0, 0.1) is 0 Å². The molecule has 0 unspecified atom stereocenters. The Kier molecular flexibility index (Phi) is 5.77. The average Bonchev–Trinajstić information content (AvgIpc) is 3.22. The van der Waals surface area contributed by atoms with Crippen LogP contribution in [-0.2, 0) is 9.59 Å². The molecule has 0 radical (unpaired) electrons. The van der Waals surface area contributed by atoms with Crippen molar-refractivity contribution >= 4 is 35.2 Å². The van der Waals surface area contributed by atoms with Crippen LogP contribution in [0.15, 0.2) is 72.4 Å². The normalized spacial score (nSPS) is 14.4. The number of nitrogens with zero attached hydrogens (tertiary/aromatic N) is 4. The second kappa shape index (κ2) is 8.65. The van der Waals surface area contributed by atoms with E-state index in [-0.39, 0.29) is 22.5 Å². The number of aromatic nitrogens is 2. The Morgan fingerprint density at radius 3 is 1.97 bits per heavy atom. The van der Waals surface area contributed by atoms with Gasteiger partial charge in [0.05, 0.1) is 11.4 Å². The number of amides is 2. The molecule has 6 nitrogen and oxygen atoms in total. The number of thiocarbonyl (C=S) groups is 1. The molecule has 1 saturated heterocycles. The number of carbonyl (C=O) groups excluding carboxylic acids is 2. The zero-order valence-corrected chi connectivity index (χ0v) is 18.2. The third-order valence-electron chi connectivity index (χ3n) is 5.16. The van der Waals surface area contributed by atoms with Crippen LogP contribution in [0.3, 0.4) is 0 Å². The highest BCUT2D eigenvalue weighted by molar-refractivity contribution is 7.80. The van der Waals surface area contributed by atoms with Gasteiger partial charge in [-0.1, -0.05) is 48.5 Å². The maximum absolute atomic E-state index is 13.1. The number of rotatable bonds is 5. The van der Waals surface area contributed by atoms with Gasteiger partial charge in [0.1, 0.15) is 5.57 Å². The first kappa shape index (κ1) is 20.7. The van der Waals surface area contributed by atoms with E-state index in [0.717, 1.165) is 11.3 Å². The van der Waals surface area contributed by atoms with E-state index < -0.39 is 0 Å². The SMILES string of the molecule is CCN1C(=O)C(=Cc2cn(-c3ccccc3)nc2-c2ccccc2)C(=O)N(CC)C1=S. The fraction of sp³-hybridized carbons (Fsp3) is 0.167. The van der Waals surface area contributed by atoms with Crippen molar-refractivity contribution in [3.8, 4) is 16.9 Å². The van der Waals surface area contributed by atoms with E-state index in [1.165, 1.54) is 9.80 Å². The lowest BCUT2D eigenvalue weighted by Gasteiger charge is -2.35. The molecule has 31 heavy (non-hydrogen) atoms. The zero-order chi connectivity index (χ0) is 22.0. The van der Waals surface area contributed by atoms with Crippen molar-refractivity contribution in [2.75, 3.05) is 13.1 Å². The summed E-state index contributed by atoms with van der Waals surface area (Å²) in [5, 5.41) is 5.01. The molecule has 0 saturated carbocycles. The molecule has 1 aromatic heterocycles. The van der Waals surface area contributed by atoms with Crippen LogP contribution in [0.1, 0.15) is 19.4 Å². The Labute approximate surface area is 186 Å². The molecule has 7 heteroatoms. The summed E-state index contributed by atoms with van der Waals surface area (Å²) in [6.45, 7) is 4.48. The lowest BCUT2D eigenvalue weighted by atomic mass is 10.0. The number of benzene rings is 2. The van der Waals surface area contributed by atoms with Crippen LogP contribution < -0.4 is 0 Å². The maximum atomic E-state index is 13.1. The van der Waals surface area contributed by atoms with Gasteiger partial charge >= 0.3 is 0 Å². The predicted molar refractivity (Wildman–Crippen MR) is 124 cm³/mol. The molecule has 0 spiro atoms. The summed E-state index contributed by atoms with van der Waals surface area (Å²) in [6.07, 6.45) is 3.47. The van der Waals surface area contributed by atoms with E-state index in [0.29, 0.717) is 24.3 Å². The van der Waals surface area contributed by atoms with Crippen LogP contribution >= 0.6 is 12.2 Å². The second-order valence-corrected chi connectivity index (χ2v) is 7.38.